The average molecular weight is 401 g/mol. The highest BCUT2D eigenvalue weighted by molar-refractivity contribution is 7.09. The number of carbonyl (C=O) groups is 2. The van der Waals surface area contributed by atoms with E-state index in [1.165, 1.54) is 0 Å². The van der Waals surface area contributed by atoms with E-state index in [2.05, 4.69) is 6.58 Å². The Morgan fingerprint density at radius 3 is 2.82 bits per heavy atom. The third kappa shape index (κ3) is 4.20. The molecule has 1 aliphatic heterocycles. The lowest BCUT2D eigenvalue weighted by molar-refractivity contribution is -0.135. The minimum atomic E-state index is -0.390. The maximum absolute atomic E-state index is 13.1. The number of amides is 2. The SMILES string of the molecule is C=CCN(Cc1cccs1)C(=O)C1CC(=O)N(c2ccc(OC)cc2OC)C1. The molecule has 7 heteroatoms. The zero-order chi connectivity index (χ0) is 20.1. The zero-order valence-corrected chi connectivity index (χ0v) is 16.9. The molecular formula is C21H24N2O4S. The van der Waals surface area contributed by atoms with E-state index in [1.54, 1.807) is 59.6 Å². The first-order valence-electron chi connectivity index (χ1n) is 9.01. The largest absolute Gasteiger partial charge is 0.497 e. The Hall–Kier alpha value is -2.80. The standard InChI is InChI=1S/C21H24N2O4S/c1-4-9-22(14-17-6-5-10-28-17)21(25)15-11-20(24)23(13-15)18-8-7-16(26-2)12-19(18)27-3/h4-8,10,12,15H,1,9,11,13-14H2,2-3H3. The van der Waals surface area contributed by atoms with Crippen LogP contribution in [-0.4, -0.2) is 44.0 Å². The lowest BCUT2D eigenvalue weighted by Crippen LogP contribution is -2.37. The van der Waals surface area contributed by atoms with Gasteiger partial charge in [-0.05, 0) is 23.6 Å². The van der Waals surface area contributed by atoms with Gasteiger partial charge in [-0.25, -0.2) is 0 Å². The topological polar surface area (TPSA) is 59.1 Å². The maximum atomic E-state index is 13.1. The average Bonchev–Trinajstić information content (AvgIpc) is 3.36. The molecule has 0 saturated carbocycles. The van der Waals surface area contributed by atoms with Gasteiger partial charge in [0.25, 0.3) is 0 Å². The molecule has 1 unspecified atom stereocenters. The number of anilines is 1. The first kappa shape index (κ1) is 19.9. The lowest BCUT2D eigenvalue weighted by Gasteiger charge is -2.24. The van der Waals surface area contributed by atoms with Crippen LogP contribution in [0.5, 0.6) is 11.5 Å². The molecule has 148 valence electrons. The predicted molar refractivity (Wildman–Crippen MR) is 110 cm³/mol. The molecule has 28 heavy (non-hydrogen) atoms. The molecular weight excluding hydrogens is 376 g/mol. The van der Waals surface area contributed by atoms with Crippen LogP contribution in [0.25, 0.3) is 0 Å². The second-order valence-electron chi connectivity index (χ2n) is 6.53. The van der Waals surface area contributed by atoms with Crippen LogP contribution in [0.4, 0.5) is 5.69 Å². The summed E-state index contributed by atoms with van der Waals surface area (Å²) < 4.78 is 10.6. The van der Waals surface area contributed by atoms with Crippen molar-refractivity contribution in [2.45, 2.75) is 13.0 Å². The van der Waals surface area contributed by atoms with E-state index in [0.29, 0.717) is 36.8 Å². The van der Waals surface area contributed by atoms with Gasteiger partial charge in [0.15, 0.2) is 0 Å². The van der Waals surface area contributed by atoms with Gasteiger partial charge in [-0.15, -0.1) is 17.9 Å². The molecule has 3 rings (SSSR count). The molecule has 1 aromatic heterocycles. The Balaban J connectivity index is 1.77. The number of benzene rings is 1. The number of carbonyl (C=O) groups excluding carboxylic acids is 2. The van der Waals surface area contributed by atoms with Crippen LogP contribution >= 0.6 is 11.3 Å². The Bertz CT molecular complexity index is 850. The fourth-order valence-corrected chi connectivity index (χ4v) is 4.07. The van der Waals surface area contributed by atoms with Gasteiger partial charge in [-0.3, -0.25) is 9.59 Å². The van der Waals surface area contributed by atoms with E-state index in [0.717, 1.165) is 4.88 Å². The van der Waals surface area contributed by atoms with Crippen LogP contribution in [-0.2, 0) is 16.1 Å². The summed E-state index contributed by atoms with van der Waals surface area (Å²) in [6, 6.07) is 9.27. The monoisotopic (exact) mass is 400 g/mol. The predicted octanol–water partition coefficient (Wildman–Crippen LogP) is 3.33. The molecule has 0 bridgehead atoms. The van der Waals surface area contributed by atoms with Gasteiger partial charge in [-0.1, -0.05) is 12.1 Å². The van der Waals surface area contributed by atoms with E-state index in [4.69, 9.17) is 9.47 Å². The number of thiophene rings is 1. The van der Waals surface area contributed by atoms with Crippen LogP contribution in [0, 0.1) is 5.92 Å². The molecule has 1 aliphatic rings. The molecule has 6 nitrogen and oxygen atoms in total. The lowest BCUT2D eigenvalue weighted by atomic mass is 10.1. The maximum Gasteiger partial charge on any atom is 0.228 e. The van der Waals surface area contributed by atoms with Crippen LogP contribution < -0.4 is 14.4 Å². The zero-order valence-electron chi connectivity index (χ0n) is 16.1. The molecule has 1 fully saturated rings. The van der Waals surface area contributed by atoms with Crippen molar-refractivity contribution in [2.75, 3.05) is 32.2 Å². The summed E-state index contributed by atoms with van der Waals surface area (Å²) in [6.07, 6.45) is 1.90. The molecule has 2 amide bonds. The van der Waals surface area contributed by atoms with Crippen molar-refractivity contribution in [3.05, 3.63) is 53.2 Å². The Morgan fingerprint density at radius 2 is 2.18 bits per heavy atom. The molecule has 1 saturated heterocycles. The van der Waals surface area contributed by atoms with Gasteiger partial charge in [0.1, 0.15) is 11.5 Å². The van der Waals surface area contributed by atoms with E-state index in [1.807, 2.05) is 17.5 Å². The fraction of sp³-hybridized carbons (Fsp3) is 0.333. The third-order valence-electron chi connectivity index (χ3n) is 4.74. The number of ether oxygens (including phenoxy) is 2. The Morgan fingerprint density at radius 1 is 1.36 bits per heavy atom. The first-order chi connectivity index (χ1) is 13.6. The van der Waals surface area contributed by atoms with Crippen molar-refractivity contribution in [2.24, 2.45) is 5.92 Å². The van der Waals surface area contributed by atoms with Gasteiger partial charge in [0.05, 0.1) is 32.4 Å². The molecule has 0 N–H and O–H groups in total. The second-order valence-corrected chi connectivity index (χ2v) is 7.56. The van der Waals surface area contributed by atoms with Crippen molar-refractivity contribution in [3.63, 3.8) is 0 Å². The summed E-state index contributed by atoms with van der Waals surface area (Å²) >= 11 is 1.61. The normalized spacial score (nSPS) is 16.1. The number of nitrogens with zero attached hydrogens (tertiary/aromatic N) is 2. The van der Waals surface area contributed by atoms with E-state index in [9.17, 15) is 9.59 Å². The molecule has 0 aliphatic carbocycles. The van der Waals surface area contributed by atoms with Crippen molar-refractivity contribution in [3.8, 4) is 11.5 Å². The molecule has 2 aromatic rings. The quantitative estimate of drug-likeness (QED) is 0.638. The molecule has 0 spiro atoms. The number of methoxy groups -OCH3 is 2. The van der Waals surface area contributed by atoms with Crippen molar-refractivity contribution in [1.82, 2.24) is 4.90 Å². The summed E-state index contributed by atoms with van der Waals surface area (Å²) in [6.45, 7) is 5.07. The van der Waals surface area contributed by atoms with E-state index < -0.39 is 0 Å². The summed E-state index contributed by atoms with van der Waals surface area (Å²) in [7, 11) is 3.13. The van der Waals surface area contributed by atoms with Gasteiger partial charge in [-0.2, -0.15) is 0 Å². The second kappa shape index (κ2) is 8.93. The van der Waals surface area contributed by atoms with Crippen LogP contribution in [0.2, 0.25) is 0 Å². The molecule has 1 aromatic carbocycles. The summed E-state index contributed by atoms with van der Waals surface area (Å²) in [5.41, 5.74) is 0.650. The number of rotatable bonds is 8. The highest BCUT2D eigenvalue weighted by Crippen LogP contribution is 2.36. The molecule has 2 heterocycles. The molecule has 1 atom stereocenters. The van der Waals surface area contributed by atoms with E-state index in [-0.39, 0.29) is 24.2 Å². The highest BCUT2D eigenvalue weighted by Gasteiger charge is 2.38. The minimum absolute atomic E-state index is 0.0309. The highest BCUT2D eigenvalue weighted by atomic mass is 32.1. The number of hydrogen-bond donors (Lipinski definition) is 0. The van der Waals surface area contributed by atoms with Gasteiger partial charge < -0.3 is 19.3 Å². The van der Waals surface area contributed by atoms with Crippen LogP contribution in [0.15, 0.2) is 48.4 Å². The van der Waals surface area contributed by atoms with Crippen LogP contribution in [0.3, 0.4) is 0 Å². The summed E-state index contributed by atoms with van der Waals surface area (Å²) in [5, 5.41) is 1.99. The first-order valence-corrected chi connectivity index (χ1v) is 9.89. The van der Waals surface area contributed by atoms with Gasteiger partial charge in [0.2, 0.25) is 11.8 Å². The van der Waals surface area contributed by atoms with Crippen molar-refractivity contribution in [1.29, 1.82) is 0 Å². The van der Waals surface area contributed by atoms with Crippen LogP contribution in [0.1, 0.15) is 11.3 Å². The van der Waals surface area contributed by atoms with E-state index >= 15 is 0 Å². The van der Waals surface area contributed by atoms with Crippen molar-refractivity contribution < 1.29 is 19.1 Å². The number of hydrogen-bond acceptors (Lipinski definition) is 5. The minimum Gasteiger partial charge on any atom is -0.497 e. The summed E-state index contributed by atoms with van der Waals surface area (Å²) in [4.78, 5) is 30.2. The van der Waals surface area contributed by atoms with Gasteiger partial charge in [0, 0.05) is 30.5 Å². The Labute approximate surface area is 169 Å². The van der Waals surface area contributed by atoms with Gasteiger partial charge >= 0.3 is 0 Å². The third-order valence-corrected chi connectivity index (χ3v) is 5.60. The van der Waals surface area contributed by atoms with Crippen molar-refractivity contribution >= 4 is 28.8 Å². The smallest absolute Gasteiger partial charge is 0.228 e. The summed E-state index contributed by atoms with van der Waals surface area (Å²) in [5.74, 6) is 0.683. The molecule has 0 radical (unpaired) electrons. The Kier molecular flexibility index (Phi) is 6.36. The fourth-order valence-electron chi connectivity index (χ4n) is 3.35.